The summed E-state index contributed by atoms with van der Waals surface area (Å²) in [4.78, 5) is 0. The first-order valence-corrected chi connectivity index (χ1v) is 3.48. The lowest BCUT2D eigenvalue weighted by atomic mass is 10.2. The Labute approximate surface area is 56.6 Å². The van der Waals surface area contributed by atoms with Crippen LogP contribution in [0.2, 0.25) is 0 Å². The quantitative estimate of drug-likeness (QED) is 0.461. The Hall–Kier alpha value is -0.780. The van der Waals surface area contributed by atoms with Gasteiger partial charge in [-0.1, -0.05) is 36.5 Å². The second-order valence-corrected chi connectivity index (χ2v) is 2.17. The lowest BCUT2D eigenvalue weighted by Crippen LogP contribution is -1.65. The molecule has 0 spiro atoms. The molecule has 0 aromatic rings. The number of hydrogen-bond donors (Lipinski definition) is 0. The molecule has 1 rings (SSSR count). The predicted octanol–water partition coefficient (Wildman–Crippen LogP) is 2.84. The molecule has 0 aromatic heterocycles. The van der Waals surface area contributed by atoms with Gasteiger partial charge in [-0.05, 0) is 19.3 Å². The van der Waals surface area contributed by atoms with Gasteiger partial charge < -0.3 is 0 Å². The van der Waals surface area contributed by atoms with E-state index >= 15 is 0 Å². The summed E-state index contributed by atoms with van der Waals surface area (Å²) in [5, 5.41) is 0. The summed E-state index contributed by atoms with van der Waals surface area (Å²) in [6.07, 6.45) is 16.5. The summed E-state index contributed by atoms with van der Waals surface area (Å²) >= 11 is 0. The molecule has 1 aliphatic carbocycles. The van der Waals surface area contributed by atoms with Crippen molar-refractivity contribution in [1.29, 1.82) is 0 Å². The van der Waals surface area contributed by atoms with Gasteiger partial charge in [-0.25, -0.2) is 0 Å². The van der Waals surface area contributed by atoms with Crippen LogP contribution in [-0.2, 0) is 0 Å². The number of allylic oxidation sites excluding steroid dienone is 6. The SMILES string of the molecule is C1=C\CCC\C=C/C=C/1. The average molecular weight is 120 g/mol. The van der Waals surface area contributed by atoms with Gasteiger partial charge in [-0.2, -0.15) is 0 Å². The normalized spacial score (nSPS) is 29.3. The van der Waals surface area contributed by atoms with Crippen molar-refractivity contribution in [1.82, 2.24) is 0 Å². The summed E-state index contributed by atoms with van der Waals surface area (Å²) < 4.78 is 0. The van der Waals surface area contributed by atoms with E-state index in [2.05, 4.69) is 36.5 Å². The molecule has 0 amide bonds. The van der Waals surface area contributed by atoms with Gasteiger partial charge in [-0.15, -0.1) is 0 Å². The van der Waals surface area contributed by atoms with Crippen LogP contribution < -0.4 is 0 Å². The monoisotopic (exact) mass is 120 g/mol. The van der Waals surface area contributed by atoms with Crippen molar-refractivity contribution in [3.63, 3.8) is 0 Å². The van der Waals surface area contributed by atoms with Crippen molar-refractivity contribution in [2.75, 3.05) is 0 Å². The molecule has 0 nitrogen and oxygen atoms in total. The molecule has 9 heavy (non-hydrogen) atoms. The molecule has 0 heteroatoms. The van der Waals surface area contributed by atoms with Gasteiger partial charge >= 0.3 is 0 Å². The van der Waals surface area contributed by atoms with Crippen molar-refractivity contribution >= 4 is 0 Å². The highest BCUT2D eigenvalue weighted by Gasteiger charge is 1.79. The lowest BCUT2D eigenvalue weighted by Gasteiger charge is -1.85. The molecule has 0 saturated carbocycles. The van der Waals surface area contributed by atoms with Gasteiger partial charge in [0, 0.05) is 0 Å². The molecule has 0 aromatic carbocycles. The summed E-state index contributed by atoms with van der Waals surface area (Å²) in [7, 11) is 0. The Bertz CT molecular complexity index is 122. The Balaban J connectivity index is 2.45. The highest BCUT2D eigenvalue weighted by molar-refractivity contribution is 5.12. The van der Waals surface area contributed by atoms with Gasteiger partial charge in [0.15, 0.2) is 0 Å². The van der Waals surface area contributed by atoms with Crippen molar-refractivity contribution < 1.29 is 0 Å². The number of rotatable bonds is 0. The Morgan fingerprint density at radius 1 is 0.667 bits per heavy atom. The van der Waals surface area contributed by atoms with E-state index < -0.39 is 0 Å². The summed E-state index contributed by atoms with van der Waals surface area (Å²) in [5.41, 5.74) is 0. The van der Waals surface area contributed by atoms with Gasteiger partial charge in [0.25, 0.3) is 0 Å². The third-order valence-electron chi connectivity index (χ3n) is 1.35. The molecular formula is C9H12. The molecule has 0 heterocycles. The third-order valence-corrected chi connectivity index (χ3v) is 1.35. The zero-order chi connectivity index (χ0) is 6.36. The molecule has 0 N–H and O–H groups in total. The van der Waals surface area contributed by atoms with Crippen LogP contribution in [0.1, 0.15) is 19.3 Å². The minimum Gasteiger partial charge on any atom is -0.0845 e. The Morgan fingerprint density at radius 3 is 1.78 bits per heavy atom. The highest BCUT2D eigenvalue weighted by atomic mass is 13.9. The smallest absolute Gasteiger partial charge is 0.0345 e. The molecule has 0 bridgehead atoms. The van der Waals surface area contributed by atoms with Crippen LogP contribution in [0.5, 0.6) is 0 Å². The molecule has 0 fully saturated rings. The van der Waals surface area contributed by atoms with Crippen LogP contribution in [0.15, 0.2) is 36.5 Å². The molecule has 0 saturated heterocycles. The fraction of sp³-hybridized carbons (Fsp3) is 0.333. The van der Waals surface area contributed by atoms with E-state index in [9.17, 15) is 0 Å². The Morgan fingerprint density at radius 2 is 1.22 bits per heavy atom. The van der Waals surface area contributed by atoms with Gasteiger partial charge in [-0.3, -0.25) is 0 Å². The van der Waals surface area contributed by atoms with Gasteiger partial charge in [0.05, 0.1) is 0 Å². The standard InChI is InChI=1S/C9H12/c1-2-4-6-8-9-7-5-3-1/h1-6H,7-9H2/b2-1+,5-3-,6-4-. The fourth-order valence-corrected chi connectivity index (χ4v) is 0.831. The van der Waals surface area contributed by atoms with Crippen LogP contribution in [-0.4, -0.2) is 0 Å². The second kappa shape index (κ2) is 4.13. The summed E-state index contributed by atoms with van der Waals surface area (Å²) in [6.45, 7) is 0. The molecule has 0 aliphatic heterocycles. The van der Waals surface area contributed by atoms with Gasteiger partial charge in [0.2, 0.25) is 0 Å². The van der Waals surface area contributed by atoms with Crippen molar-refractivity contribution in [3.8, 4) is 0 Å². The van der Waals surface area contributed by atoms with Crippen molar-refractivity contribution in [3.05, 3.63) is 36.5 Å². The zero-order valence-electron chi connectivity index (χ0n) is 5.59. The lowest BCUT2D eigenvalue weighted by molar-refractivity contribution is 0.869. The van der Waals surface area contributed by atoms with E-state index in [4.69, 9.17) is 0 Å². The van der Waals surface area contributed by atoms with Crippen LogP contribution >= 0.6 is 0 Å². The summed E-state index contributed by atoms with van der Waals surface area (Å²) in [5.74, 6) is 0. The molecule has 0 atom stereocenters. The van der Waals surface area contributed by atoms with E-state index in [1.54, 1.807) is 0 Å². The molecular weight excluding hydrogens is 108 g/mol. The van der Waals surface area contributed by atoms with Crippen LogP contribution in [0.25, 0.3) is 0 Å². The van der Waals surface area contributed by atoms with E-state index in [1.807, 2.05) is 0 Å². The fourth-order valence-electron chi connectivity index (χ4n) is 0.831. The van der Waals surface area contributed by atoms with Crippen molar-refractivity contribution in [2.45, 2.75) is 19.3 Å². The van der Waals surface area contributed by atoms with E-state index in [1.165, 1.54) is 19.3 Å². The first kappa shape index (κ1) is 6.34. The maximum Gasteiger partial charge on any atom is -0.0345 e. The first-order valence-electron chi connectivity index (χ1n) is 3.48. The molecule has 0 unspecified atom stereocenters. The topological polar surface area (TPSA) is 0 Å². The van der Waals surface area contributed by atoms with Crippen LogP contribution in [0.4, 0.5) is 0 Å². The maximum absolute atomic E-state index is 2.21. The second-order valence-electron chi connectivity index (χ2n) is 2.17. The van der Waals surface area contributed by atoms with Crippen molar-refractivity contribution in [2.24, 2.45) is 0 Å². The van der Waals surface area contributed by atoms with E-state index in [0.29, 0.717) is 0 Å². The largest absolute Gasteiger partial charge is 0.0845 e. The first-order chi connectivity index (χ1) is 4.50. The number of hydrogen-bond acceptors (Lipinski definition) is 0. The highest BCUT2D eigenvalue weighted by Crippen LogP contribution is 2.00. The minimum absolute atomic E-state index is 1.22. The Kier molecular flexibility index (Phi) is 2.91. The molecule has 1 aliphatic rings. The van der Waals surface area contributed by atoms with E-state index in [-0.39, 0.29) is 0 Å². The minimum atomic E-state index is 1.22. The van der Waals surface area contributed by atoms with Crippen LogP contribution in [0.3, 0.4) is 0 Å². The maximum atomic E-state index is 2.21. The predicted molar refractivity (Wildman–Crippen MR) is 41.3 cm³/mol. The molecule has 0 radical (unpaired) electrons. The molecule has 48 valence electrons. The summed E-state index contributed by atoms with van der Waals surface area (Å²) in [6, 6.07) is 0. The average Bonchev–Trinajstić information content (AvgIpc) is 2.00. The van der Waals surface area contributed by atoms with Gasteiger partial charge in [0.1, 0.15) is 0 Å². The third kappa shape index (κ3) is 2.91. The van der Waals surface area contributed by atoms with Crippen LogP contribution in [0, 0.1) is 0 Å². The van der Waals surface area contributed by atoms with E-state index in [0.717, 1.165) is 0 Å². The zero-order valence-corrected chi connectivity index (χ0v) is 5.59.